The lowest BCUT2D eigenvalue weighted by Crippen LogP contribution is -2.38. The van der Waals surface area contributed by atoms with Crippen LogP contribution in [0.4, 0.5) is 9.59 Å². The van der Waals surface area contributed by atoms with Crippen LogP contribution in [0, 0.1) is 0 Å². The molecule has 204 valence electrons. The van der Waals surface area contributed by atoms with Crippen molar-refractivity contribution in [3.8, 4) is 0 Å². The van der Waals surface area contributed by atoms with Crippen LogP contribution >= 0.6 is 0 Å². The van der Waals surface area contributed by atoms with Gasteiger partial charge in [-0.3, -0.25) is 0 Å². The van der Waals surface area contributed by atoms with E-state index in [1.54, 1.807) is 0 Å². The molecule has 11 heteroatoms. The highest BCUT2D eigenvalue weighted by atomic mass is 16.6. The molecular weight excluding hydrogens is 484 g/mol. The van der Waals surface area contributed by atoms with E-state index in [2.05, 4.69) is 10.6 Å². The van der Waals surface area contributed by atoms with Crippen LogP contribution in [-0.2, 0) is 33.3 Å². The summed E-state index contributed by atoms with van der Waals surface area (Å²) in [7, 11) is 2.40. The Hall–Kier alpha value is -3.08. The highest BCUT2D eigenvalue weighted by molar-refractivity contribution is 6.04. The van der Waals surface area contributed by atoms with Gasteiger partial charge in [0.15, 0.2) is 0 Å². The van der Waals surface area contributed by atoms with Gasteiger partial charge in [-0.15, -0.1) is 0 Å². The lowest BCUT2D eigenvalue weighted by molar-refractivity contribution is -0.139. The molecule has 2 bridgehead atoms. The summed E-state index contributed by atoms with van der Waals surface area (Å²) >= 11 is 0. The number of methoxy groups -OCH3 is 2. The summed E-state index contributed by atoms with van der Waals surface area (Å²) in [6, 6.07) is 0.128. The lowest BCUT2D eigenvalue weighted by atomic mass is 9.86. The zero-order chi connectivity index (χ0) is 26.4. The predicted molar refractivity (Wildman–Crippen MR) is 129 cm³/mol. The molecule has 0 radical (unpaired) electrons. The highest BCUT2D eigenvalue weighted by Crippen LogP contribution is 2.44. The molecule has 2 aliphatic heterocycles. The van der Waals surface area contributed by atoms with Crippen LogP contribution in [0.15, 0.2) is 22.3 Å². The molecule has 0 aromatic rings. The molecule has 2 aliphatic carbocycles. The van der Waals surface area contributed by atoms with Crippen molar-refractivity contribution in [3.05, 3.63) is 22.3 Å². The second-order valence-electron chi connectivity index (χ2n) is 9.87. The van der Waals surface area contributed by atoms with E-state index in [4.69, 9.17) is 23.7 Å². The number of carbonyl (C=O) groups is 4. The van der Waals surface area contributed by atoms with E-state index in [1.165, 1.54) is 14.2 Å². The Morgan fingerprint density at radius 2 is 1.05 bits per heavy atom. The van der Waals surface area contributed by atoms with Crippen LogP contribution in [0.1, 0.15) is 64.2 Å². The van der Waals surface area contributed by atoms with Crippen LogP contribution in [-0.4, -0.2) is 75.9 Å². The van der Waals surface area contributed by atoms with Crippen molar-refractivity contribution in [2.75, 3.05) is 27.4 Å². The first kappa shape index (κ1) is 27.0. The van der Waals surface area contributed by atoms with Crippen molar-refractivity contribution in [3.63, 3.8) is 0 Å². The Morgan fingerprint density at radius 1 is 0.676 bits per heavy atom. The van der Waals surface area contributed by atoms with Crippen molar-refractivity contribution in [2.24, 2.45) is 0 Å². The maximum absolute atomic E-state index is 12.6. The molecule has 2 amide bonds. The molecule has 2 N–H and O–H groups in total. The molecule has 0 aromatic heterocycles. The topological polar surface area (TPSA) is 138 Å². The fourth-order valence-corrected chi connectivity index (χ4v) is 5.59. The number of hydrogen-bond donors (Lipinski definition) is 2. The van der Waals surface area contributed by atoms with Crippen molar-refractivity contribution in [1.29, 1.82) is 0 Å². The van der Waals surface area contributed by atoms with Gasteiger partial charge in [-0.25, -0.2) is 19.2 Å². The number of ether oxygens (including phenoxy) is 5. The van der Waals surface area contributed by atoms with E-state index in [1.807, 2.05) is 0 Å². The molecule has 4 rings (SSSR count). The molecule has 0 aromatic carbocycles. The van der Waals surface area contributed by atoms with E-state index in [0.717, 1.165) is 64.2 Å². The van der Waals surface area contributed by atoms with Crippen LogP contribution in [0.5, 0.6) is 0 Å². The average Bonchev–Trinajstić information content (AvgIpc) is 3.47. The second-order valence-corrected chi connectivity index (χ2v) is 9.87. The monoisotopic (exact) mass is 520 g/mol. The SMILES string of the molecule is COC(=O)C1=C(C(=O)OC)[C@@H]2O[C@@H]1C(COC(=O)NC1CCCCC1)=C2COC(=O)NC1CCCCC1. The minimum atomic E-state index is -0.978. The Labute approximate surface area is 216 Å². The summed E-state index contributed by atoms with van der Waals surface area (Å²) in [6.45, 7) is -0.394. The molecule has 2 atom stereocenters. The standard InChI is InChI=1S/C26H36N2O9/c1-33-23(29)19-20(24(30)34-2)22-18(14-36-26(32)28-16-11-7-4-8-12-16)17(21(19)37-22)13-35-25(31)27-15-9-5-3-6-10-15/h15-16,21-22H,3-14H2,1-2H3,(H,27,31)(H,28,32)/t21-,22-/m1/s1. The third-order valence-electron chi connectivity index (χ3n) is 7.51. The Morgan fingerprint density at radius 3 is 1.41 bits per heavy atom. The van der Waals surface area contributed by atoms with Crippen LogP contribution in [0.3, 0.4) is 0 Å². The van der Waals surface area contributed by atoms with Gasteiger partial charge < -0.3 is 34.3 Å². The van der Waals surface area contributed by atoms with E-state index >= 15 is 0 Å². The number of esters is 2. The maximum atomic E-state index is 12.6. The number of rotatable bonds is 8. The van der Waals surface area contributed by atoms with Crippen molar-refractivity contribution in [1.82, 2.24) is 10.6 Å². The van der Waals surface area contributed by atoms with Gasteiger partial charge in [0.05, 0.1) is 25.4 Å². The molecule has 37 heavy (non-hydrogen) atoms. The first-order valence-electron chi connectivity index (χ1n) is 13.1. The minimum absolute atomic E-state index is 0.000968. The second kappa shape index (κ2) is 12.4. The van der Waals surface area contributed by atoms with Gasteiger partial charge in [-0.2, -0.15) is 0 Å². The van der Waals surface area contributed by atoms with Gasteiger partial charge in [0, 0.05) is 23.2 Å². The molecule has 0 spiro atoms. The van der Waals surface area contributed by atoms with Gasteiger partial charge >= 0.3 is 24.1 Å². The third kappa shape index (κ3) is 6.26. The molecule has 2 heterocycles. The molecule has 0 saturated heterocycles. The van der Waals surface area contributed by atoms with E-state index < -0.39 is 36.3 Å². The summed E-state index contributed by atoms with van der Waals surface area (Å²) in [4.78, 5) is 50.1. The summed E-state index contributed by atoms with van der Waals surface area (Å²) in [5.41, 5.74) is 0.895. The average molecular weight is 521 g/mol. The third-order valence-corrected chi connectivity index (χ3v) is 7.51. The first-order chi connectivity index (χ1) is 17.9. The Kier molecular flexibility index (Phi) is 9.07. The summed E-state index contributed by atoms with van der Waals surface area (Å²) in [5, 5.41) is 5.76. The zero-order valence-electron chi connectivity index (χ0n) is 21.5. The molecule has 2 fully saturated rings. The number of amides is 2. The predicted octanol–water partition coefficient (Wildman–Crippen LogP) is 2.82. The van der Waals surface area contributed by atoms with E-state index in [-0.39, 0.29) is 36.4 Å². The van der Waals surface area contributed by atoms with Crippen molar-refractivity contribution < 1.29 is 42.9 Å². The van der Waals surface area contributed by atoms with Crippen molar-refractivity contribution in [2.45, 2.75) is 88.5 Å². The van der Waals surface area contributed by atoms with Gasteiger partial charge in [0.2, 0.25) is 0 Å². The van der Waals surface area contributed by atoms with Gasteiger partial charge in [0.25, 0.3) is 0 Å². The Bertz CT molecular complexity index is 887. The highest BCUT2D eigenvalue weighted by Gasteiger charge is 2.52. The van der Waals surface area contributed by atoms with E-state index in [0.29, 0.717) is 11.1 Å². The lowest BCUT2D eigenvalue weighted by Gasteiger charge is -2.24. The normalized spacial score (nSPS) is 24.1. The number of fused-ring (bicyclic) bond motifs is 2. The van der Waals surface area contributed by atoms with E-state index in [9.17, 15) is 19.2 Å². The maximum Gasteiger partial charge on any atom is 0.407 e. The van der Waals surface area contributed by atoms with Crippen molar-refractivity contribution >= 4 is 24.1 Å². The fraction of sp³-hybridized carbons (Fsp3) is 0.692. The van der Waals surface area contributed by atoms with Crippen LogP contribution in [0.25, 0.3) is 0 Å². The molecule has 4 aliphatic rings. The Balaban J connectivity index is 1.48. The number of carbonyl (C=O) groups excluding carboxylic acids is 4. The van der Waals surface area contributed by atoms with Gasteiger partial charge in [-0.1, -0.05) is 38.5 Å². The quantitative estimate of drug-likeness (QED) is 0.281. The molecule has 0 unspecified atom stereocenters. The minimum Gasteiger partial charge on any atom is -0.466 e. The number of nitrogens with one attached hydrogen (secondary N) is 2. The largest absolute Gasteiger partial charge is 0.466 e. The van der Waals surface area contributed by atoms with Crippen LogP contribution < -0.4 is 10.6 Å². The zero-order valence-corrected chi connectivity index (χ0v) is 21.5. The van der Waals surface area contributed by atoms with Gasteiger partial charge in [-0.05, 0) is 25.7 Å². The molecular formula is C26H36N2O9. The molecule has 11 nitrogen and oxygen atoms in total. The summed E-state index contributed by atoms with van der Waals surface area (Å²) in [6.07, 6.45) is 7.04. The summed E-state index contributed by atoms with van der Waals surface area (Å²) < 4.78 is 26.7. The first-order valence-corrected chi connectivity index (χ1v) is 13.1. The fourth-order valence-electron chi connectivity index (χ4n) is 5.59. The summed E-state index contributed by atoms with van der Waals surface area (Å²) in [5.74, 6) is -1.49. The van der Waals surface area contributed by atoms with Crippen LogP contribution in [0.2, 0.25) is 0 Å². The number of hydrogen-bond acceptors (Lipinski definition) is 9. The number of alkyl carbamates (subject to hydrolysis) is 2. The smallest absolute Gasteiger partial charge is 0.407 e. The van der Waals surface area contributed by atoms with Gasteiger partial charge in [0.1, 0.15) is 25.4 Å². The molecule has 2 saturated carbocycles.